The van der Waals surface area contributed by atoms with Gasteiger partial charge in [0.25, 0.3) is 0 Å². The number of rotatable bonds is 8. The van der Waals surface area contributed by atoms with E-state index in [2.05, 4.69) is 18.7 Å². The van der Waals surface area contributed by atoms with E-state index in [1.807, 2.05) is 4.90 Å². The third kappa shape index (κ3) is 5.80. The van der Waals surface area contributed by atoms with Crippen LogP contribution in [0.1, 0.15) is 58.8 Å². The fraction of sp³-hybridized carbons (Fsp3) is 0.938. The van der Waals surface area contributed by atoms with Crippen LogP contribution in [0.5, 0.6) is 0 Å². The zero-order chi connectivity index (χ0) is 14.8. The Hall–Kier alpha value is -0.610. The predicted molar refractivity (Wildman–Crippen MR) is 84.7 cm³/mol. The molecular weight excluding hydrogens is 250 g/mol. The Morgan fingerprint density at radius 2 is 1.70 bits per heavy atom. The molecule has 0 unspecified atom stereocenters. The molecule has 1 rings (SSSR count). The van der Waals surface area contributed by atoms with Gasteiger partial charge in [0.2, 0.25) is 5.91 Å². The predicted octanol–water partition coefficient (Wildman–Crippen LogP) is 2.23. The number of carbonyl (C=O) groups excluding carboxylic acids is 1. The Kier molecular flexibility index (Phi) is 8.86. The van der Waals surface area contributed by atoms with Crippen LogP contribution < -0.4 is 5.73 Å². The van der Waals surface area contributed by atoms with E-state index in [1.54, 1.807) is 0 Å². The first-order valence-electron chi connectivity index (χ1n) is 8.44. The molecule has 0 heterocycles. The fourth-order valence-electron chi connectivity index (χ4n) is 3.16. The smallest absolute Gasteiger partial charge is 0.236 e. The number of nitrogens with zero attached hydrogens (tertiary/aromatic N) is 2. The SMILES string of the molecule is CCN(CC)C(=O)CN(CCCN)C1CCCCCC1. The average molecular weight is 283 g/mol. The summed E-state index contributed by atoms with van der Waals surface area (Å²) in [4.78, 5) is 16.7. The summed E-state index contributed by atoms with van der Waals surface area (Å²) in [7, 11) is 0. The summed E-state index contributed by atoms with van der Waals surface area (Å²) in [5.41, 5.74) is 5.66. The summed E-state index contributed by atoms with van der Waals surface area (Å²) in [6.07, 6.45) is 8.80. The second kappa shape index (κ2) is 10.2. The molecule has 4 nitrogen and oxygen atoms in total. The second-order valence-corrected chi connectivity index (χ2v) is 5.82. The molecule has 0 spiro atoms. The minimum Gasteiger partial charge on any atom is -0.342 e. The number of carbonyl (C=O) groups is 1. The van der Waals surface area contributed by atoms with Crippen molar-refractivity contribution in [3.63, 3.8) is 0 Å². The maximum Gasteiger partial charge on any atom is 0.236 e. The maximum atomic E-state index is 12.4. The van der Waals surface area contributed by atoms with Crippen LogP contribution in [0.3, 0.4) is 0 Å². The topological polar surface area (TPSA) is 49.6 Å². The standard InChI is InChI=1S/C16H33N3O/c1-3-18(4-2)16(20)14-19(13-9-12-17)15-10-7-5-6-8-11-15/h15H,3-14,17H2,1-2H3. The summed E-state index contributed by atoms with van der Waals surface area (Å²) in [6, 6.07) is 0.587. The third-order valence-corrected chi connectivity index (χ3v) is 4.45. The quantitative estimate of drug-likeness (QED) is 0.695. The van der Waals surface area contributed by atoms with Crippen molar-refractivity contribution < 1.29 is 4.79 Å². The lowest BCUT2D eigenvalue weighted by Gasteiger charge is -2.32. The van der Waals surface area contributed by atoms with Gasteiger partial charge in [-0.05, 0) is 39.7 Å². The maximum absolute atomic E-state index is 12.4. The molecule has 0 radical (unpaired) electrons. The van der Waals surface area contributed by atoms with E-state index >= 15 is 0 Å². The van der Waals surface area contributed by atoms with Gasteiger partial charge in [0.15, 0.2) is 0 Å². The van der Waals surface area contributed by atoms with Crippen LogP contribution in [0.15, 0.2) is 0 Å². The summed E-state index contributed by atoms with van der Waals surface area (Å²) in [5.74, 6) is 0.274. The van der Waals surface area contributed by atoms with Gasteiger partial charge in [-0.1, -0.05) is 25.7 Å². The zero-order valence-corrected chi connectivity index (χ0v) is 13.4. The lowest BCUT2D eigenvalue weighted by atomic mass is 10.1. The minimum absolute atomic E-state index is 0.274. The fourth-order valence-corrected chi connectivity index (χ4v) is 3.16. The molecule has 1 aliphatic rings. The van der Waals surface area contributed by atoms with Crippen LogP contribution in [-0.4, -0.2) is 54.5 Å². The van der Waals surface area contributed by atoms with Gasteiger partial charge in [-0.15, -0.1) is 0 Å². The van der Waals surface area contributed by atoms with Crippen LogP contribution in [0.25, 0.3) is 0 Å². The molecule has 0 aromatic rings. The molecule has 1 aliphatic carbocycles. The van der Waals surface area contributed by atoms with Crippen molar-refractivity contribution in [3.05, 3.63) is 0 Å². The summed E-state index contributed by atoms with van der Waals surface area (Å²) in [6.45, 7) is 7.98. The summed E-state index contributed by atoms with van der Waals surface area (Å²) >= 11 is 0. The van der Waals surface area contributed by atoms with Gasteiger partial charge in [0.1, 0.15) is 0 Å². The average Bonchev–Trinajstić information content (AvgIpc) is 2.73. The monoisotopic (exact) mass is 283 g/mol. The van der Waals surface area contributed by atoms with Crippen molar-refractivity contribution >= 4 is 5.91 Å². The van der Waals surface area contributed by atoms with Crippen molar-refractivity contribution in [2.24, 2.45) is 5.73 Å². The normalized spacial score (nSPS) is 17.2. The second-order valence-electron chi connectivity index (χ2n) is 5.82. The van der Waals surface area contributed by atoms with E-state index in [4.69, 9.17) is 5.73 Å². The highest BCUT2D eigenvalue weighted by Gasteiger charge is 2.23. The number of amides is 1. The molecule has 118 valence electrons. The first-order chi connectivity index (χ1) is 9.72. The van der Waals surface area contributed by atoms with Crippen LogP contribution in [0, 0.1) is 0 Å². The first kappa shape index (κ1) is 17.4. The highest BCUT2D eigenvalue weighted by atomic mass is 16.2. The molecule has 1 saturated carbocycles. The number of hydrogen-bond donors (Lipinski definition) is 1. The number of nitrogens with two attached hydrogens (primary N) is 1. The third-order valence-electron chi connectivity index (χ3n) is 4.45. The number of likely N-dealkylation sites (N-methyl/N-ethyl adjacent to an activating group) is 1. The first-order valence-corrected chi connectivity index (χ1v) is 8.44. The lowest BCUT2D eigenvalue weighted by molar-refractivity contribution is -0.132. The summed E-state index contributed by atoms with van der Waals surface area (Å²) < 4.78 is 0. The van der Waals surface area contributed by atoms with E-state index in [-0.39, 0.29) is 5.91 Å². The Morgan fingerprint density at radius 3 is 2.20 bits per heavy atom. The van der Waals surface area contributed by atoms with Crippen LogP contribution in [0.4, 0.5) is 0 Å². The number of hydrogen-bond acceptors (Lipinski definition) is 3. The van der Waals surface area contributed by atoms with E-state index in [0.29, 0.717) is 19.1 Å². The van der Waals surface area contributed by atoms with Gasteiger partial charge >= 0.3 is 0 Å². The molecule has 20 heavy (non-hydrogen) atoms. The largest absolute Gasteiger partial charge is 0.342 e. The van der Waals surface area contributed by atoms with Crippen LogP contribution in [-0.2, 0) is 4.79 Å². The van der Waals surface area contributed by atoms with Gasteiger partial charge in [-0.2, -0.15) is 0 Å². The zero-order valence-electron chi connectivity index (χ0n) is 13.4. The van der Waals surface area contributed by atoms with Gasteiger partial charge in [-0.3, -0.25) is 9.69 Å². The Balaban J connectivity index is 2.59. The Morgan fingerprint density at radius 1 is 1.10 bits per heavy atom. The highest BCUT2D eigenvalue weighted by Crippen LogP contribution is 2.22. The molecule has 0 saturated heterocycles. The van der Waals surface area contributed by atoms with Crippen molar-refractivity contribution in [2.45, 2.75) is 64.8 Å². The minimum atomic E-state index is 0.274. The molecule has 1 amide bonds. The lowest BCUT2D eigenvalue weighted by Crippen LogP contribution is -2.45. The van der Waals surface area contributed by atoms with Gasteiger partial charge in [0, 0.05) is 25.7 Å². The summed E-state index contributed by atoms with van der Waals surface area (Å²) in [5, 5.41) is 0. The van der Waals surface area contributed by atoms with Crippen LogP contribution >= 0.6 is 0 Å². The van der Waals surface area contributed by atoms with E-state index < -0.39 is 0 Å². The molecule has 4 heteroatoms. The Labute approximate surface area is 124 Å². The Bertz CT molecular complexity index is 258. The molecule has 1 fully saturated rings. The van der Waals surface area contributed by atoms with Gasteiger partial charge in [-0.25, -0.2) is 0 Å². The molecule has 0 aliphatic heterocycles. The molecule has 0 aromatic carbocycles. The molecule has 0 bridgehead atoms. The van der Waals surface area contributed by atoms with E-state index in [1.165, 1.54) is 38.5 Å². The van der Waals surface area contributed by atoms with Crippen molar-refractivity contribution in [1.82, 2.24) is 9.80 Å². The van der Waals surface area contributed by atoms with Crippen LogP contribution in [0.2, 0.25) is 0 Å². The van der Waals surface area contributed by atoms with Gasteiger partial charge < -0.3 is 10.6 Å². The molecule has 2 N–H and O–H groups in total. The molecule has 0 aromatic heterocycles. The van der Waals surface area contributed by atoms with E-state index in [0.717, 1.165) is 26.1 Å². The van der Waals surface area contributed by atoms with Crippen molar-refractivity contribution in [3.8, 4) is 0 Å². The molecule has 0 atom stereocenters. The highest BCUT2D eigenvalue weighted by molar-refractivity contribution is 5.78. The van der Waals surface area contributed by atoms with E-state index in [9.17, 15) is 4.79 Å². The van der Waals surface area contributed by atoms with Crippen molar-refractivity contribution in [1.29, 1.82) is 0 Å². The van der Waals surface area contributed by atoms with Crippen molar-refractivity contribution in [2.75, 3.05) is 32.7 Å². The molecular formula is C16H33N3O. The van der Waals surface area contributed by atoms with Gasteiger partial charge in [0.05, 0.1) is 6.54 Å².